The molecule has 0 aromatic heterocycles. The number of hydrogen-bond acceptors (Lipinski definition) is 5. The van der Waals surface area contributed by atoms with E-state index in [4.69, 9.17) is 21.1 Å². The van der Waals surface area contributed by atoms with Crippen LogP contribution in [0.3, 0.4) is 0 Å². The lowest BCUT2D eigenvalue weighted by Gasteiger charge is -2.13. The summed E-state index contributed by atoms with van der Waals surface area (Å²) in [6, 6.07) is 12.9. The predicted octanol–water partition coefficient (Wildman–Crippen LogP) is 5.37. The zero-order chi connectivity index (χ0) is 20.1. The number of aliphatic imine (C=N–C) groups is 1. The lowest BCUT2D eigenvalue weighted by Crippen LogP contribution is -2.28. The number of carbonyl (C=O) groups excluding carboxylic acids is 1. The van der Waals surface area contributed by atoms with E-state index in [1.54, 1.807) is 18.1 Å². The van der Waals surface area contributed by atoms with Gasteiger partial charge >= 0.3 is 0 Å². The summed E-state index contributed by atoms with van der Waals surface area (Å²) in [5.74, 6) is 1.15. The number of likely N-dealkylation sites (N-methyl/N-ethyl adjacent to an activating group) is 1. The van der Waals surface area contributed by atoms with E-state index in [0.29, 0.717) is 45.4 Å². The SMILES string of the molecule is CCOc1c(/C=C2/SC(=Nc3ccccc3Cl)N(CC)C2=O)cccc1OC. The summed E-state index contributed by atoms with van der Waals surface area (Å²) < 4.78 is 11.1. The van der Waals surface area contributed by atoms with Crippen LogP contribution < -0.4 is 9.47 Å². The molecule has 1 heterocycles. The first kappa shape index (κ1) is 20.3. The van der Waals surface area contributed by atoms with Crippen LogP contribution in [0.25, 0.3) is 6.08 Å². The largest absolute Gasteiger partial charge is 0.493 e. The van der Waals surface area contributed by atoms with E-state index < -0.39 is 0 Å². The Morgan fingerprint density at radius 2 is 1.96 bits per heavy atom. The third kappa shape index (κ3) is 4.18. The molecule has 0 atom stereocenters. The Balaban J connectivity index is 2.00. The number of carbonyl (C=O) groups is 1. The third-order valence-corrected chi connectivity index (χ3v) is 5.40. The van der Waals surface area contributed by atoms with Gasteiger partial charge in [-0.2, -0.15) is 0 Å². The highest BCUT2D eigenvalue weighted by Gasteiger charge is 2.32. The minimum Gasteiger partial charge on any atom is -0.493 e. The van der Waals surface area contributed by atoms with Gasteiger partial charge in [-0.1, -0.05) is 35.9 Å². The lowest BCUT2D eigenvalue weighted by molar-refractivity contribution is -0.122. The Hall–Kier alpha value is -2.44. The normalized spacial score (nSPS) is 16.9. The summed E-state index contributed by atoms with van der Waals surface area (Å²) in [6.07, 6.45) is 1.82. The molecule has 1 amide bonds. The minimum absolute atomic E-state index is 0.0939. The van der Waals surface area contributed by atoms with E-state index in [-0.39, 0.29) is 5.91 Å². The van der Waals surface area contributed by atoms with Crippen LogP contribution in [0.15, 0.2) is 52.4 Å². The Labute approximate surface area is 174 Å². The average Bonchev–Trinajstić information content (AvgIpc) is 2.99. The van der Waals surface area contributed by atoms with Gasteiger partial charge in [0.2, 0.25) is 0 Å². The maximum absolute atomic E-state index is 12.9. The second-order valence-corrected chi connectivity index (χ2v) is 7.23. The smallest absolute Gasteiger partial charge is 0.266 e. The van der Waals surface area contributed by atoms with Gasteiger partial charge in [-0.15, -0.1) is 0 Å². The van der Waals surface area contributed by atoms with Crippen LogP contribution in [0, 0.1) is 0 Å². The first-order valence-corrected chi connectivity index (χ1v) is 10.1. The van der Waals surface area contributed by atoms with Crippen molar-refractivity contribution in [3.05, 3.63) is 58.0 Å². The summed E-state index contributed by atoms with van der Waals surface area (Å²) in [7, 11) is 1.59. The van der Waals surface area contributed by atoms with Crippen molar-refractivity contribution in [1.29, 1.82) is 0 Å². The zero-order valence-electron chi connectivity index (χ0n) is 15.9. The van der Waals surface area contributed by atoms with Crippen molar-refractivity contribution in [3.63, 3.8) is 0 Å². The zero-order valence-corrected chi connectivity index (χ0v) is 17.5. The number of benzene rings is 2. The molecule has 0 radical (unpaired) electrons. The number of para-hydroxylation sites is 2. The fourth-order valence-electron chi connectivity index (χ4n) is 2.76. The van der Waals surface area contributed by atoms with Crippen molar-refractivity contribution in [2.45, 2.75) is 13.8 Å². The molecular formula is C21H21ClN2O3S. The molecule has 1 fully saturated rings. The molecule has 0 aliphatic carbocycles. The van der Waals surface area contributed by atoms with Crippen molar-refractivity contribution in [2.75, 3.05) is 20.3 Å². The molecule has 3 rings (SSSR count). The molecule has 0 N–H and O–H groups in total. The second-order valence-electron chi connectivity index (χ2n) is 5.82. The van der Waals surface area contributed by atoms with Gasteiger partial charge in [0.1, 0.15) is 0 Å². The van der Waals surface area contributed by atoms with Crippen LogP contribution in [0.1, 0.15) is 19.4 Å². The van der Waals surface area contributed by atoms with Gasteiger partial charge < -0.3 is 9.47 Å². The van der Waals surface area contributed by atoms with Crippen molar-refractivity contribution < 1.29 is 14.3 Å². The van der Waals surface area contributed by atoms with Crippen LogP contribution >= 0.6 is 23.4 Å². The first-order chi connectivity index (χ1) is 13.6. The molecule has 0 spiro atoms. The van der Waals surface area contributed by atoms with Crippen LogP contribution in [0.4, 0.5) is 5.69 Å². The quantitative estimate of drug-likeness (QED) is 0.594. The molecule has 5 nitrogen and oxygen atoms in total. The number of thioether (sulfide) groups is 1. The van der Waals surface area contributed by atoms with E-state index in [9.17, 15) is 4.79 Å². The Morgan fingerprint density at radius 1 is 1.18 bits per heavy atom. The molecule has 0 saturated carbocycles. The number of halogens is 1. The Bertz CT molecular complexity index is 943. The number of rotatable bonds is 6. The van der Waals surface area contributed by atoms with Gasteiger partial charge in [0.15, 0.2) is 16.7 Å². The summed E-state index contributed by atoms with van der Waals surface area (Å²) in [5.41, 5.74) is 1.42. The molecule has 0 bridgehead atoms. The van der Waals surface area contributed by atoms with Crippen LogP contribution in [0.5, 0.6) is 11.5 Å². The van der Waals surface area contributed by atoms with E-state index in [1.165, 1.54) is 11.8 Å². The summed E-state index contributed by atoms with van der Waals surface area (Å²) in [6.45, 7) is 4.84. The predicted molar refractivity (Wildman–Crippen MR) is 116 cm³/mol. The van der Waals surface area contributed by atoms with Gasteiger partial charge in [0.25, 0.3) is 5.91 Å². The summed E-state index contributed by atoms with van der Waals surface area (Å²) in [5, 5.41) is 1.15. The van der Waals surface area contributed by atoms with E-state index in [0.717, 1.165) is 5.56 Å². The number of nitrogens with zero attached hydrogens (tertiary/aromatic N) is 2. The molecular weight excluding hydrogens is 396 g/mol. The maximum atomic E-state index is 12.9. The highest BCUT2D eigenvalue weighted by atomic mass is 35.5. The standard InChI is InChI=1S/C21H21ClN2O3S/c1-4-24-20(25)18(28-21(24)23-16-11-7-6-10-15(16)22)13-14-9-8-12-17(26-3)19(14)27-5-2/h6-13H,4-5H2,1-3H3/b18-13+,23-21?. The molecule has 146 valence electrons. The van der Waals surface area contributed by atoms with Gasteiger partial charge in [-0.05, 0) is 49.9 Å². The van der Waals surface area contributed by atoms with Gasteiger partial charge in [0, 0.05) is 12.1 Å². The van der Waals surface area contributed by atoms with Gasteiger partial charge in [-0.3, -0.25) is 9.69 Å². The highest BCUT2D eigenvalue weighted by Crippen LogP contribution is 2.38. The topological polar surface area (TPSA) is 51.1 Å². The molecule has 7 heteroatoms. The summed E-state index contributed by atoms with van der Waals surface area (Å²) >= 11 is 7.54. The molecule has 1 aliphatic heterocycles. The van der Waals surface area contributed by atoms with Gasteiger partial charge in [0.05, 0.1) is 29.3 Å². The molecule has 0 unspecified atom stereocenters. The first-order valence-electron chi connectivity index (χ1n) is 8.93. The highest BCUT2D eigenvalue weighted by molar-refractivity contribution is 8.18. The van der Waals surface area contributed by atoms with Crippen molar-refractivity contribution in [2.24, 2.45) is 4.99 Å². The fraction of sp³-hybridized carbons (Fsp3) is 0.238. The molecule has 2 aromatic rings. The van der Waals surface area contributed by atoms with Crippen molar-refractivity contribution in [1.82, 2.24) is 4.90 Å². The third-order valence-electron chi connectivity index (χ3n) is 4.08. The Morgan fingerprint density at radius 3 is 2.64 bits per heavy atom. The van der Waals surface area contributed by atoms with Crippen LogP contribution in [-0.2, 0) is 4.79 Å². The Kier molecular flexibility index (Phi) is 6.65. The second kappa shape index (κ2) is 9.17. The molecule has 1 saturated heterocycles. The van der Waals surface area contributed by atoms with E-state index >= 15 is 0 Å². The van der Waals surface area contributed by atoms with Crippen molar-refractivity contribution in [3.8, 4) is 11.5 Å². The van der Waals surface area contributed by atoms with E-state index in [1.807, 2.05) is 56.3 Å². The summed E-state index contributed by atoms with van der Waals surface area (Å²) in [4.78, 5) is 19.7. The maximum Gasteiger partial charge on any atom is 0.266 e. The monoisotopic (exact) mass is 416 g/mol. The molecule has 2 aromatic carbocycles. The number of amides is 1. The average molecular weight is 417 g/mol. The number of amidine groups is 1. The molecule has 28 heavy (non-hydrogen) atoms. The minimum atomic E-state index is -0.0939. The van der Waals surface area contributed by atoms with Crippen LogP contribution in [0.2, 0.25) is 5.02 Å². The van der Waals surface area contributed by atoms with Crippen LogP contribution in [-0.4, -0.2) is 36.2 Å². The fourth-order valence-corrected chi connectivity index (χ4v) is 3.99. The van der Waals surface area contributed by atoms with Gasteiger partial charge in [-0.25, -0.2) is 4.99 Å². The lowest BCUT2D eigenvalue weighted by atomic mass is 10.1. The number of methoxy groups -OCH3 is 1. The van der Waals surface area contributed by atoms with Crippen molar-refractivity contribution >= 4 is 46.2 Å². The number of ether oxygens (including phenoxy) is 2. The molecule has 1 aliphatic rings. The van der Waals surface area contributed by atoms with E-state index in [2.05, 4.69) is 4.99 Å². The number of hydrogen-bond donors (Lipinski definition) is 0.